The quantitative estimate of drug-likeness (QED) is 0.332. The Hall–Kier alpha value is -3.73. The van der Waals surface area contributed by atoms with Crippen molar-refractivity contribution in [3.63, 3.8) is 0 Å². The number of hydrazine groups is 1. The molecule has 0 bridgehead atoms. The van der Waals surface area contributed by atoms with E-state index in [1.54, 1.807) is 11.0 Å². The number of carboxylic acid groups (broad SMARTS) is 1. The van der Waals surface area contributed by atoms with Gasteiger partial charge in [0.15, 0.2) is 11.8 Å². The van der Waals surface area contributed by atoms with E-state index >= 15 is 0 Å². The van der Waals surface area contributed by atoms with Gasteiger partial charge in [0, 0.05) is 30.7 Å². The summed E-state index contributed by atoms with van der Waals surface area (Å²) in [5, 5.41) is 27.4. The number of amides is 2. The predicted molar refractivity (Wildman–Crippen MR) is 128 cm³/mol. The van der Waals surface area contributed by atoms with Gasteiger partial charge in [-0.1, -0.05) is 48.0 Å². The maximum atomic E-state index is 12.8. The van der Waals surface area contributed by atoms with E-state index in [9.17, 15) is 19.5 Å². The number of nitrogens with zero attached hydrogens (tertiary/aromatic N) is 3. The third-order valence-electron chi connectivity index (χ3n) is 5.61. The van der Waals surface area contributed by atoms with E-state index in [1.807, 2.05) is 42.5 Å². The molecule has 3 aromatic rings. The first-order chi connectivity index (χ1) is 16.8. The second-order valence-corrected chi connectivity index (χ2v) is 8.63. The number of likely N-dealkylation sites (tertiary alicyclic amines) is 1. The number of H-pyrrole nitrogens is 1. The summed E-state index contributed by atoms with van der Waals surface area (Å²) in [6.07, 6.45) is -0.781. The molecule has 0 spiro atoms. The predicted octanol–water partition coefficient (Wildman–Crippen LogP) is 2.17. The molecule has 1 aliphatic rings. The van der Waals surface area contributed by atoms with Crippen molar-refractivity contribution in [1.82, 2.24) is 25.5 Å². The van der Waals surface area contributed by atoms with E-state index in [0.29, 0.717) is 18.1 Å². The van der Waals surface area contributed by atoms with Crippen molar-refractivity contribution in [2.24, 2.45) is 0 Å². The normalized spacial score (nSPS) is 13.9. The molecule has 0 aliphatic carbocycles. The number of aromatic amines is 1. The molecular formula is C24H24ClN5O5. The number of carbonyl (C=O) groups is 3. The molecular weight excluding hydrogens is 474 g/mol. The summed E-state index contributed by atoms with van der Waals surface area (Å²) in [6.45, 7) is 1.08. The van der Waals surface area contributed by atoms with Crippen LogP contribution in [0.1, 0.15) is 33.0 Å². The second kappa shape index (κ2) is 10.7. The van der Waals surface area contributed by atoms with Crippen LogP contribution < -0.4 is 5.43 Å². The van der Waals surface area contributed by atoms with Crippen LogP contribution in [0.2, 0.25) is 5.02 Å². The van der Waals surface area contributed by atoms with Gasteiger partial charge in [-0.2, -0.15) is 5.10 Å². The lowest BCUT2D eigenvalue weighted by molar-refractivity contribution is -0.148. The fourth-order valence-electron chi connectivity index (χ4n) is 3.56. The van der Waals surface area contributed by atoms with Crippen molar-refractivity contribution >= 4 is 29.4 Å². The molecule has 2 amide bonds. The van der Waals surface area contributed by atoms with Gasteiger partial charge in [-0.15, -0.1) is 0 Å². The van der Waals surface area contributed by atoms with Crippen molar-refractivity contribution < 1.29 is 24.6 Å². The van der Waals surface area contributed by atoms with Crippen LogP contribution in [0, 0.1) is 0 Å². The Bertz CT molecular complexity index is 1230. The first-order valence-corrected chi connectivity index (χ1v) is 11.3. The Morgan fingerprint density at radius 1 is 1.11 bits per heavy atom. The number of aliphatic carboxylic acids is 1. The number of aliphatic hydroxyl groups excluding tert-OH is 1. The van der Waals surface area contributed by atoms with Crippen molar-refractivity contribution in [3.8, 4) is 11.1 Å². The van der Waals surface area contributed by atoms with Crippen LogP contribution in [-0.2, 0) is 11.3 Å². The molecule has 1 atom stereocenters. The largest absolute Gasteiger partial charge is 0.479 e. The lowest BCUT2D eigenvalue weighted by Gasteiger charge is -2.29. The number of benzene rings is 2. The van der Waals surface area contributed by atoms with Crippen molar-refractivity contribution in [2.45, 2.75) is 19.1 Å². The minimum absolute atomic E-state index is 0.0417. The minimum Gasteiger partial charge on any atom is -0.479 e. The molecule has 2 heterocycles. The molecule has 1 aromatic heterocycles. The Morgan fingerprint density at radius 3 is 2.49 bits per heavy atom. The van der Waals surface area contributed by atoms with Gasteiger partial charge in [0.05, 0.1) is 6.54 Å². The maximum absolute atomic E-state index is 12.8. The van der Waals surface area contributed by atoms with E-state index in [4.69, 9.17) is 16.7 Å². The molecule has 2 aromatic carbocycles. The molecule has 11 heteroatoms. The van der Waals surface area contributed by atoms with E-state index in [-0.39, 0.29) is 30.4 Å². The van der Waals surface area contributed by atoms with E-state index in [1.165, 1.54) is 11.1 Å². The molecule has 0 saturated carbocycles. The standard InChI is InChI=1S/C24H24ClN5O5/c25-18-4-1-3-17(11-18)16-7-5-15(6-8-16)13-30(14-21(31)24(34)35)28-22(32)19-12-20(27-26-19)23(33)29-9-2-10-29/h1,3-8,11-12,21,31H,2,9-10,13-14H2,(H,26,27)(H,28,32)(H,34,35)/t21-/m1/s1. The molecule has 1 fully saturated rings. The molecule has 1 aliphatic heterocycles. The van der Waals surface area contributed by atoms with Crippen LogP contribution in [-0.4, -0.2) is 73.8 Å². The zero-order valence-electron chi connectivity index (χ0n) is 18.6. The summed E-state index contributed by atoms with van der Waals surface area (Å²) in [6, 6.07) is 16.2. The third-order valence-corrected chi connectivity index (χ3v) is 5.84. The Balaban J connectivity index is 1.46. The zero-order valence-corrected chi connectivity index (χ0v) is 19.4. The van der Waals surface area contributed by atoms with Crippen molar-refractivity contribution in [3.05, 3.63) is 76.6 Å². The summed E-state index contributed by atoms with van der Waals surface area (Å²) in [5.41, 5.74) is 5.41. The number of nitrogens with one attached hydrogen (secondary N) is 2. The van der Waals surface area contributed by atoms with Gasteiger partial charge in [0.2, 0.25) is 0 Å². The van der Waals surface area contributed by atoms with Crippen molar-refractivity contribution in [2.75, 3.05) is 19.6 Å². The number of carbonyl (C=O) groups excluding carboxylic acids is 2. The minimum atomic E-state index is -1.72. The van der Waals surface area contributed by atoms with Gasteiger partial charge in [0.25, 0.3) is 11.8 Å². The Kier molecular flexibility index (Phi) is 7.45. The van der Waals surface area contributed by atoms with Crippen LogP contribution >= 0.6 is 11.6 Å². The van der Waals surface area contributed by atoms with Gasteiger partial charge in [-0.05, 0) is 35.2 Å². The fraction of sp³-hybridized carbons (Fsp3) is 0.250. The van der Waals surface area contributed by atoms with Gasteiger partial charge in [0.1, 0.15) is 5.69 Å². The average molecular weight is 498 g/mol. The monoisotopic (exact) mass is 497 g/mol. The van der Waals surface area contributed by atoms with Gasteiger partial charge in [-0.25, -0.2) is 9.80 Å². The van der Waals surface area contributed by atoms with Crippen LogP contribution in [0.5, 0.6) is 0 Å². The Morgan fingerprint density at radius 2 is 1.86 bits per heavy atom. The lowest BCUT2D eigenvalue weighted by atomic mass is 10.0. The van der Waals surface area contributed by atoms with Gasteiger partial charge >= 0.3 is 5.97 Å². The van der Waals surface area contributed by atoms with E-state index < -0.39 is 18.0 Å². The Labute approximate surface area is 206 Å². The number of carboxylic acids is 1. The number of rotatable bonds is 9. The maximum Gasteiger partial charge on any atom is 0.333 e. The summed E-state index contributed by atoms with van der Waals surface area (Å²) >= 11 is 6.07. The summed E-state index contributed by atoms with van der Waals surface area (Å²) in [4.78, 5) is 37.9. The van der Waals surface area contributed by atoms with E-state index in [2.05, 4.69) is 15.6 Å². The number of hydrogen-bond acceptors (Lipinski definition) is 6. The number of halogens is 1. The second-order valence-electron chi connectivity index (χ2n) is 8.20. The smallest absolute Gasteiger partial charge is 0.333 e. The lowest BCUT2D eigenvalue weighted by Crippen LogP contribution is -2.47. The molecule has 1 saturated heterocycles. The molecule has 0 unspecified atom stereocenters. The first-order valence-electron chi connectivity index (χ1n) is 11.0. The molecule has 0 radical (unpaired) electrons. The molecule has 182 valence electrons. The molecule has 4 rings (SSSR count). The summed E-state index contributed by atoms with van der Waals surface area (Å²) < 4.78 is 0. The van der Waals surface area contributed by atoms with Crippen LogP contribution in [0.25, 0.3) is 11.1 Å². The summed E-state index contributed by atoms with van der Waals surface area (Å²) in [7, 11) is 0. The van der Waals surface area contributed by atoms with Gasteiger partial charge < -0.3 is 15.1 Å². The number of hydrogen-bond donors (Lipinski definition) is 4. The zero-order chi connectivity index (χ0) is 24.9. The van der Waals surface area contributed by atoms with Crippen LogP contribution in [0.3, 0.4) is 0 Å². The average Bonchev–Trinajstić information content (AvgIpc) is 3.29. The number of aliphatic hydroxyl groups is 1. The topological polar surface area (TPSA) is 139 Å². The molecule has 10 nitrogen and oxygen atoms in total. The van der Waals surface area contributed by atoms with Gasteiger partial charge in [-0.3, -0.25) is 20.1 Å². The highest BCUT2D eigenvalue weighted by molar-refractivity contribution is 6.30. The van der Waals surface area contributed by atoms with Crippen molar-refractivity contribution in [1.29, 1.82) is 0 Å². The summed E-state index contributed by atoms with van der Waals surface area (Å²) in [5.74, 6) is -2.29. The highest BCUT2D eigenvalue weighted by Gasteiger charge is 2.26. The SMILES string of the molecule is O=C(NN(Cc1ccc(-c2cccc(Cl)c2)cc1)C[C@@H](O)C(=O)O)c1cc(C(=O)N2CCC2)n[nH]1. The van der Waals surface area contributed by atoms with Crippen LogP contribution in [0.15, 0.2) is 54.6 Å². The first kappa shape index (κ1) is 24.4. The fourth-order valence-corrected chi connectivity index (χ4v) is 3.75. The molecule has 35 heavy (non-hydrogen) atoms. The van der Waals surface area contributed by atoms with Crippen LogP contribution in [0.4, 0.5) is 0 Å². The highest BCUT2D eigenvalue weighted by atomic mass is 35.5. The molecule has 4 N–H and O–H groups in total. The number of aromatic nitrogens is 2. The third kappa shape index (κ3) is 6.04. The highest BCUT2D eigenvalue weighted by Crippen LogP contribution is 2.23. The van der Waals surface area contributed by atoms with E-state index in [0.717, 1.165) is 23.1 Å².